The highest BCUT2D eigenvalue weighted by Gasteiger charge is 2.35. The molecule has 0 unspecified atom stereocenters. The first-order valence-corrected chi connectivity index (χ1v) is 14.9. The molecule has 226 valence electrons. The van der Waals surface area contributed by atoms with Crippen molar-refractivity contribution in [1.29, 1.82) is 0 Å². The van der Waals surface area contributed by atoms with E-state index in [1.54, 1.807) is 25.2 Å². The first-order valence-electron chi connectivity index (χ1n) is 14.9. The number of anilines is 2. The van der Waals surface area contributed by atoms with Crippen LogP contribution in [0.1, 0.15) is 82.4 Å². The van der Waals surface area contributed by atoms with Gasteiger partial charge >= 0.3 is 6.09 Å². The Balaban J connectivity index is 1.26. The minimum atomic E-state index is -0.514. The molecule has 1 aliphatic heterocycles. The molecule has 1 aliphatic carbocycles. The van der Waals surface area contributed by atoms with Crippen LogP contribution in [-0.4, -0.2) is 91.1 Å². The molecule has 11 nitrogen and oxygen atoms in total. The lowest BCUT2D eigenvalue weighted by molar-refractivity contribution is -0.0162. The molecule has 4 heterocycles. The largest absolute Gasteiger partial charge is 0.444 e. The number of carbonyl (C=O) groups is 2. The monoisotopic (exact) mass is 576 g/mol. The highest BCUT2D eigenvalue weighted by atomic mass is 16.6. The SMILES string of the molecule is C[C@@H]1CN(Cc2ccc(Nc3ncc4cc(C(=O)N(C)C)n(C5CCCC5)c4n3)nc2)C[C@H](C)N1C(=O)OC(C)(C)C. The van der Waals surface area contributed by atoms with Gasteiger partial charge in [0.1, 0.15) is 22.8 Å². The first-order chi connectivity index (χ1) is 19.9. The van der Waals surface area contributed by atoms with Gasteiger partial charge in [-0.15, -0.1) is 0 Å². The van der Waals surface area contributed by atoms with Crippen LogP contribution >= 0.6 is 0 Å². The summed E-state index contributed by atoms with van der Waals surface area (Å²) in [6.07, 6.45) is 7.78. The fourth-order valence-corrected chi connectivity index (χ4v) is 6.19. The molecule has 1 N–H and O–H groups in total. The fourth-order valence-electron chi connectivity index (χ4n) is 6.19. The molecule has 2 atom stereocenters. The average molecular weight is 577 g/mol. The van der Waals surface area contributed by atoms with E-state index in [9.17, 15) is 9.59 Å². The molecule has 11 heteroatoms. The number of ether oxygens (including phenoxy) is 1. The van der Waals surface area contributed by atoms with Crippen molar-refractivity contribution in [3.63, 3.8) is 0 Å². The zero-order valence-electron chi connectivity index (χ0n) is 25.9. The van der Waals surface area contributed by atoms with Gasteiger partial charge in [-0.25, -0.2) is 14.8 Å². The third-order valence-electron chi connectivity index (χ3n) is 7.96. The van der Waals surface area contributed by atoms with Gasteiger partial charge in [0.25, 0.3) is 5.91 Å². The van der Waals surface area contributed by atoms with Gasteiger partial charge in [-0.05, 0) is 65.2 Å². The Morgan fingerprint density at radius 1 is 1.05 bits per heavy atom. The Morgan fingerprint density at radius 2 is 1.74 bits per heavy atom. The van der Waals surface area contributed by atoms with E-state index in [1.165, 1.54) is 0 Å². The highest BCUT2D eigenvalue weighted by Crippen LogP contribution is 2.35. The van der Waals surface area contributed by atoms with Crippen LogP contribution in [0, 0.1) is 0 Å². The van der Waals surface area contributed by atoms with E-state index in [-0.39, 0.29) is 30.1 Å². The van der Waals surface area contributed by atoms with Crippen molar-refractivity contribution >= 4 is 34.8 Å². The van der Waals surface area contributed by atoms with E-state index in [4.69, 9.17) is 9.72 Å². The molecule has 42 heavy (non-hydrogen) atoms. The van der Waals surface area contributed by atoms with Crippen molar-refractivity contribution in [3.8, 4) is 0 Å². The van der Waals surface area contributed by atoms with Crippen LogP contribution in [0.4, 0.5) is 16.6 Å². The van der Waals surface area contributed by atoms with Crippen LogP contribution in [0.3, 0.4) is 0 Å². The quantitative estimate of drug-likeness (QED) is 0.426. The Morgan fingerprint density at radius 3 is 2.33 bits per heavy atom. The number of piperazine rings is 1. The van der Waals surface area contributed by atoms with Crippen LogP contribution in [0.2, 0.25) is 0 Å². The molecule has 5 rings (SSSR count). The first kappa shape index (κ1) is 29.8. The van der Waals surface area contributed by atoms with Gasteiger partial charge in [0.05, 0.1) is 0 Å². The number of pyridine rings is 1. The molecule has 1 saturated carbocycles. The van der Waals surface area contributed by atoms with Crippen LogP contribution in [0.25, 0.3) is 11.0 Å². The Hall–Kier alpha value is -3.73. The topological polar surface area (TPSA) is 109 Å². The predicted molar refractivity (Wildman–Crippen MR) is 163 cm³/mol. The van der Waals surface area contributed by atoms with Gasteiger partial charge in [0.2, 0.25) is 5.95 Å². The standard InChI is InChI=1S/C31H44N8O3/c1-20-17-37(18-21(2)38(20)30(41)42-31(3,4)5)19-22-12-13-26(32-15-22)34-29-33-16-23-14-25(28(40)36(6)7)39(27(23)35-29)24-10-8-9-11-24/h12-16,20-21,24H,8-11,17-19H2,1-7H3,(H,32,33,34,35)/t20-,21+. The summed E-state index contributed by atoms with van der Waals surface area (Å²) in [5.41, 5.74) is 2.01. The van der Waals surface area contributed by atoms with E-state index in [2.05, 4.69) is 44.7 Å². The van der Waals surface area contributed by atoms with Crippen LogP contribution in [-0.2, 0) is 11.3 Å². The number of hydrogen-bond donors (Lipinski definition) is 1. The summed E-state index contributed by atoms with van der Waals surface area (Å²) in [7, 11) is 3.55. The predicted octanol–water partition coefficient (Wildman–Crippen LogP) is 5.22. The van der Waals surface area contributed by atoms with Crippen molar-refractivity contribution in [3.05, 3.63) is 41.9 Å². The summed E-state index contributed by atoms with van der Waals surface area (Å²) < 4.78 is 7.74. The minimum Gasteiger partial charge on any atom is -0.444 e. The maximum absolute atomic E-state index is 13.0. The summed E-state index contributed by atoms with van der Waals surface area (Å²) in [6.45, 7) is 12.1. The molecule has 2 aliphatic rings. The maximum atomic E-state index is 13.0. The number of nitrogens with one attached hydrogen (secondary N) is 1. The van der Waals surface area contributed by atoms with Crippen molar-refractivity contribution in [2.45, 2.75) is 90.6 Å². The van der Waals surface area contributed by atoms with Crippen molar-refractivity contribution in [1.82, 2.24) is 34.2 Å². The van der Waals surface area contributed by atoms with E-state index in [1.807, 2.05) is 44.0 Å². The van der Waals surface area contributed by atoms with Crippen LogP contribution < -0.4 is 5.32 Å². The van der Waals surface area contributed by atoms with Gasteiger partial charge in [-0.2, -0.15) is 4.98 Å². The lowest BCUT2D eigenvalue weighted by Gasteiger charge is -2.44. The molecule has 0 bridgehead atoms. The molecule has 2 fully saturated rings. The number of amides is 2. The molecule has 2 amide bonds. The molecule has 0 radical (unpaired) electrons. The third-order valence-corrected chi connectivity index (χ3v) is 7.96. The summed E-state index contributed by atoms with van der Waals surface area (Å²) in [4.78, 5) is 45.5. The minimum absolute atomic E-state index is 0.0262. The van der Waals surface area contributed by atoms with Crippen LogP contribution in [0.15, 0.2) is 30.6 Å². The smallest absolute Gasteiger partial charge is 0.410 e. The summed E-state index contributed by atoms with van der Waals surface area (Å²) >= 11 is 0. The lowest BCUT2D eigenvalue weighted by atomic mass is 10.1. The number of rotatable bonds is 6. The second-order valence-electron chi connectivity index (χ2n) is 13.0. The van der Waals surface area contributed by atoms with Crippen molar-refractivity contribution in [2.24, 2.45) is 0 Å². The normalized spacial score (nSPS) is 20.2. The molecule has 0 aromatic carbocycles. The lowest BCUT2D eigenvalue weighted by Crippen LogP contribution is -2.59. The Kier molecular flexibility index (Phi) is 8.41. The number of fused-ring (bicyclic) bond motifs is 1. The van der Waals surface area contributed by atoms with E-state index >= 15 is 0 Å². The zero-order valence-corrected chi connectivity index (χ0v) is 25.9. The number of nitrogens with zero attached hydrogens (tertiary/aromatic N) is 7. The van der Waals surface area contributed by atoms with Gasteiger partial charge < -0.3 is 24.4 Å². The molecular weight excluding hydrogens is 532 g/mol. The molecule has 3 aromatic heterocycles. The molecular formula is C31H44N8O3. The molecule has 1 saturated heterocycles. The second-order valence-corrected chi connectivity index (χ2v) is 13.0. The zero-order chi connectivity index (χ0) is 30.2. The van der Waals surface area contributed by atoms with Gasteiger partial charge in [-0.3, -0.25) is 9.69 Å². The summed E-state index contributed by atoms with van der Waals surface area (Å²) in [5.74, 6) is 1.07. The molecule has 3 aromatic rings. The van der Waals surface area contributed by atoms with Gasteiger partial charge in [-0.1, -0.05) is 18.9 Å². The van der Waals surface area contributed by atoms with Gasteiger partial charge in [0, 0.05) is 69.6 Å². The fraction of sp³-hybridized carbons (Fsp3) is 0.581. The van der Waals surface area contributed by atoms with Crippen molar-refractivity contribution in [2.75, 3.05) is 32.5 Å². The highest BCUT2D eigenvalue weighted by molar-refractivity contribution is 5.97. The Bertz CT molecular complexity index is 1410. The molecule has 0 spiro atoms. The van der Waals surface area contributed by atoms with E-state index < -0.39 is 5.60 Å². The summed E-state index contributed by atoms with van der Waals surface area (Å²) in [6, 6.07) is 6.24. The number of hydrogen-bond acceptors (Lipinski definition) is 8. The third kappa shape index (κ3) is 6.51. The van der Waals surface area contributed by atoms with E-state index in [0.29, 0.717) is 17.5 Å². The number of aromatic nitrogens is 4. The summed E-state index contributed by atoms with van der Waals surface area (Å²) in [5, 5.41) is 4.10. The van der Waals surface area contributed by atoms with E-state index in [0.717, 1.165) is 61.9 Å². The van der Waals surface area contributed by atoms with Crippen LogP contribution in [0.5, 0.6) is 0 Å². The van der Waals surface area contributed by atoms with Gasteiger partial charge in [0.15, 0.2) is 0 Å². The Labute approximate surface area is 248 Å². The average Bonchev–Trinajstić information content (AvgIpc) is 3.55. The van der Waals surface area contributed by atoms with Crippen molar-refractivity contribution < 1.29 is 14.3 Å². The maximum Gasteiger partial charge on any atom is 0.410 e. The number of carbonyl (C=O) groups excluding carboxylic acids is 2. The second kappa shape index (κ2) is 11.9.